The van der Waals surface area contributed by atoms with Gasteiger partial charge in [0, 0.05) is 18.9 Å². The second-order valence-corrected chi connectivity index (χ2v) is 5.65. The van der Waals surface area contributed by atoms with Gasteiger partial charge in [-0.1, -0.05) is 12.2 Å². The minimum atomic E-state index is -0.317. The van der Waals surface area contributed by atoms with Crippen LogP contribution in [0.5, 0.6) is 11.5 Å². The van der Waals surface area contributed by atoms with Crippen molar-refractivity contribution in [3.8, 4) is 11.5 Å². The number of carbonyl (C=O) groups excluding carboxylic acids is 2. The Bertz CT molecular complexity index is 609. The predicted octanol–water partition coefficient (Wildman–Crippen LogP) is 3.20. The molecule has 1 aromatic carbocycles. The maximum absolute atomic E-state index is 12.7. The summed E-state index contributed by atoms with van der Waals surface area (Å²) in [6, 6.07) is 5.25. The summed E-state index contributed by atoms with van der Waals surface area (Å²) >= 11 is 0. The number of amides is 1. The number of rotatable bonds is 6. The lowest BCUT2D eigenvalue weighted by Crippen LogP contribution is -2.27. The van der Waals surface area contributed by atoms with Gasteiger partial charge in [-0.25, -0.2) is 0 Å². The van der Waals surface area contributed by atoms with E-state index in [0.717, 1.165) is 6.42 Å². The van der Waals surface area contributed by atoms with Crippen LogP contribution >= 0.6 is 0 Å². The number of methoxy groups -OCH3 is 2. The van der Waals surface area contributed by atoms with E-state index in [1.807, 2.05) is 19.1 Å². The molecule has 5 nitrogen and oxygen atoms in total. The van der Waals surface area contributed by atoms with Gasteiger partial charge in [0.25, 0.3) is 0 Å². The minimum absolute atomic E-state index is 0.0651. The Balaban J connectivity index is 2.19. The van der Waals surface area contributed by atoms with Crippen molar-refractivity contribution in [1.82, 2.24) is 0 Å². The van der Waals surface area contributed by atoms with Crippen molar-refractivity contribution in [3.05, 3.63) is 30.4 Å². The summed E-state index contributed by atoms with van der Waals surface area (Å²) in [5.74, 6) is 1.06. The molecule has 1 aliphatic carbocycles. The number of Topliss-reactive ketones (excluding diaryl/α,β-unsaturated/α-hetero) is 1. The van der Waals surface area contributed by atoms with Crippen LogP contribution in [-0.4, -0.2) is 25.9 Å². The van der Waals surface area contributed by atoms with Gasteiger partial charge in [-0.2, -0.15) is 0 Å². The van der Waals surface area contributed by atoms with E-state index in [1.54, 1.807) is 32.4 Å². The van der Waals surface area contributed by atoms with Crippen molar-refractivity contribution < 1.29 is 19.1 Å². The zero-order chi connectivity index (χ0) is 16.8. The van der Waals surface area contributed by atoms with Crippen LogP contribution in [0, 0.1) is 11.8 Å². The zero-order valence-electron chi connectivity index (χ0n) is 13.8. The fraction of sp³-hybridized carbons (Fsp3) is 0.444. The Morgan fingerprint density at radius 3 is 2.70 bits per heavy atom. The van der Waals surface area contributed by atoms with Gasteiger partial charge in [0.1, 0.15) is 17.3 Å². The summed E-state index contributed by atoms with van der Waals surface area (Å²) in [6.45, 7) is 1.88. The van der Waals surface area contributed by atoms with Gasteiger partial charge in [-0.15, -0.1) is 0 Å². The average Bonchev–Trinajstić information content (AvgIpc) is 2.98. The number of hydrogen-bond acceptors (Lipinski definition) is 4. The summed E-state index contributed by atoms with van der Waals surface area (Å²) < 4.78 is 10.5. The maximum atomic E-state index is 12.7. The lowest BCUT2D eigenvalue weighted by molar-refractivity contribution is -0.120. The predicted molar refractivity (Wildman–Crippen MR) is 88.8 cm³/mol. The third-order valence-electron chi connectivity index (χ3n) is 4.16. The quantitative estimate of drug-likeness (QED) is 0.818. The van der Waals surface area contributed by atoms with Crippen molar-refractivity contribution in [2.45, 2.75) is 26.2 Å². The Morgan fingerprint density at radius 2 is 2.13 bits per heavy atom. The van der Waals surface area contributed by atoms with Gasteiger partial charge in [-0.3, -0.25) is 9.59 Å². The van der Waals surface area contributed by atoms with Crippen LogP contribution in [0.2, 0.25) is 0 Å². The highest BCUT2D eigenvalue weighted by molar-refractivity contribution is 5.96. The molecule has 124 valence electrons. The van der Waals surface area contributed by atoms with E-state index in [9.17, 15) is 9.59 Å². The van der Waals surface area contributed by atoms with Gasteiger partial charge in [0.2, 0.25) is 5.91 Å². The van der Waals surface area contributed by atoms with Gasteiger partial charge in [-0.05, 0) is 31.4 Å². The minimum Gasteiger partial charge on any atom is -0.497 e. The molecule has 1 saturated carbocycles. The molecule has 1 aromatic rings. The Morgan fingerprint density at radius 1 is 1.35 bits per heavy atom. The highest BCUT2D eigenvalue weighted by atomic mass is 16.5. The largest absolute Gasteiger partial charge is 0.497 e. The molecule has 1 aliphatic rings. The van der Waals surface area contributed by atoms with E-state index in [4.69, 9.17) is 9.47 Å². The summed E-state index contributed by atoms with van der Waals surface area (Å²) in [4.78, 5) is 24.2. The maximum Gasteiger partial charge on any atom is 0.231 e. The number of anilines is 1. The van der Waals surface area contributed by atoms with Crippen LogP contribution < -0.4 is 14.8 Å². The summed E-state index contributed by atoms with van der Waals surface area (Å²) in [6.07, 6.45) is 5.52. The number of nitrogens with one attached hydrogen (secondary N) is 1. The highest BCUT2D eigenvalue weighted by Gasteiger charge is 2.32. The van der Waals surface area contributed by atoms with Crippen LogP contribution in [0.1, 0.15) is 26.2 Å². The van der Waals surface area contributed by atoms with E-state index >= 15 is 0 Å². The normalized spacial score (nSPS) is 18.9. The summed E-state index contributed by atoms with van der Waals surface area (Å²) in [5.41, 5.74) is 0.565. The zero-order valence-corrected chi connectivity index (χ0v) is 13.8. The number of ketones is 1. The Kier molecular flexibility index (Phi) is 5.79. The van der Waals surface area contributed by atoms with Crippen LogP contribution in [0.3, 0.4) is 0 Å². The monoisotopic (exact) mass is 317 g/mol. The summed E-state index contributed by atoms with van der Waals surface area (Å²) in [7, 11) is 3.12. The first-order chi connectivity index (χ1) is 11.1. The molecule has 1 amide bonds. The smallest absolute Gasteiger partial charge is 0.231 e. The molecule has 2 atom stereocenters. The number of allylic oxidation sites excluding steroid dienone is 1. The van der Waals surface area contributed by atoms with Crippen molar-refractivity contribution in [1.29, 1.82) is 0 Å². The first kappa shape index (κ1) is 17.1. The molecule has 0 aliphatic heterocycles. The van der Waals surface area contributed by atoms with Crippen molar-refractivity contribution in [2.75, 3.05) is 19.5 Å². The van der Waals surface area contributed by atoms with Gasteiger partial charge >= 0.3 is 0 Å². The van der Waals surface area contributed by atoms with Gasteiger partial charge in [0.15, 0.2) is 0 Å². The molecule has 0 saturated heterocycles. The highest BCUT2D eigenvalue weighted by Crippen LogP contribution is 2.33. The molecule has 0 spiro atoms. The molecule has 0 heterocycles. The van der Waals surface area contributed by atoms with E-state index < -0.39 is 0 Å². The molecule has 0 radical (unpaired) electrons. The number of carbonyl (C=O) groups is 2. The van der Waals surface area contributed by atoms with Crippen LogP contribution in [0.25, 0.3) is 0 Å². The van der Waals surface area contributed by atoms with Gasteiger partial charge < -0.3 is 14.8 Å². The molecule has 23 heavy (non-hydrogen) atoms. The first-order valence-electron chi connectivity index (χ1n) is 7.76. The third kappa shape index (κ3) is 4.12. The molecule has 0 bridgehead atoms. The molecule has 1 fully saturated rings. The van der Waals surface area contributed by atoms with Crippen LogP contribution in [-0.2, 0) is 9.59 Å². The number of hydrogen-bond donors (Lipinski definition) is 1. The van der Waals surface area contributed by atoms with Gasteiger partial charge in [0.05, 0.1) is 25.8 Å². The first-order valence-corrected chi connectivity index (χ1v) is 7.76. The van der Waals surface area contributed by atoms with Crippen molar-refractivity contribution in [3.63, 3.8) is 0 Å². The number of ether oxygens (including phenoxy) is 2. The van der Waals surface area contributed by atoms with E-state index in [1.165, 1.54) is 0 Å². The SMILES string of the molecule is C/C=C/C(C(=O)Nc1cc(OC)ccc1OC)C1CCC(=O)C1. The standard InChI is InChI=1S/C18H23NO4/c1-4-5-15(12-6-7-13(20)10-12)18(21)19-16-11-14(22-2)8-9-17(16)23-3/h4-5,8-9,11-12,15H,6-7,10H2,1-3H3,(H,19,21)/b5-4+. The molecule has 5 heteroatoms. The van der Waals surface area contributed by atoms with E-state index in [0.29, 0.717) is 30.0 Å². The molecule has 2 unspecified atom stereocenters. The molecule has 1 N–H and O–H groups in total. The fourth-order valence-electron chi connectivity index (χ4n) is 2.94. The Labute approximate surface area is 136 Å². The molecule has 2 rings (SSSR count). The number of benzene rings is 1. The summed E-state index contributed by atoms with van der Waals surface area (Å²) in [5, 5.41) is 2.91. The molecular weight excluding hydrogens is 294 g/mol. The second kappa shape index (κ2) is 7.81. The molecule has 0 aromatic heterocycles. The van der Waals surface area contributed by atoms with Crippen molar-refractivity contribution in [2.24, 2.45) is 11.8 Å². The Hall–Kier alpha value is -2.30. The fourth-order valence-corrected chi connectivity index (χ4v) is 2.94. The van der Waals surface area contributed by atoms with Crippen LogP contribution in [0.4, 0.5) is 5.69 Å². The second-order valence-electron chi connectivity index (χ2n) is 5.65. The van der Waals surface area contributed by atoms with E-state index in [2.05, 4.69) is 5.32 Å². The van der Waals surface area contributed by atoms with Crippen molar-refractivity contribution >= 4 is 17.4 Å². The lowest BCUT2D eigenvalue weighted by Gasteiger charge is -2.20. The molecular formula is C18H23NO4. The van der Waals surface area contributed by atoms with Crippen LogP contribution in [0.15, 0.2) is 30.4 Å². The third-order valence-corrected chi connectivity index (χ3v) is 4.16. The van der Waals surface area contributed by atoms with E-state index in [-0.39, 0.29) is 23.5 Å². The average molecular weight is 317 g/mol. The lowest BCUT2D eigenvalue weighted by atomic mass is 9.89. The topological polar surface area (TPSA) is 64.6 Å².